The van der Waals surface area contributed by atoms with Gasteiger partial charge in [0.25, 0.3) is 0 Å². The number of hydrogen-bond acceptors (Lipinski definition) is 1. The van der Waals surface area contributed by atoms with Gasteiger partial charge in [-0.1, -0.05) is 62.1 Å². The molecule has 0 saturated heterocycles. The van der Waals surface area contributed by atoms with Crippen molar-refractivity contribution in [2.45, 2.75) is 51.9 Å². The summed E-state index contributed by atoms with van der Waals surface area (Å²) in [5.74, 6) is 0.978. The van der Waals surface area contributed by atoms with Gasteiger partial charge >= 0.3 is 0 Å². The largest absolute Gasteiger partial charge is 0.252 e. The van der Waals surface area contributed by atoms with Crippen LogP contribution in [0, 0.1) is 12.8 Å². The standard InChI is InChI=1S/C22H25N/c1-16-6-11-20-15-22(23-21(20)14-16)19-12-9-18(10-13-19)8-7-17-4-2-3-5-17/h6,9-14,17H,2-5,7-8,15H2,1H3. The molecule has 1 aliphatic carbocycles. The first-order valence-electron chi connectivity index (χ1n) is 9.04. The predicted octanol–water partition coefficient (Wildman–Crippen LogP) is 5.79. The number of fused-ring (bicyclic) bond motifs is 1. The van der Waals surface area contributed by atoms with E-state index < -0.39 is 0 Å². The molecule has 4 rings (SSSR count). The normalized spacial score (nSPS) is 17.3. The Hall–Kier alpha value is -1.89. The van der Waals surface area contributed by atoms with Gasteiger partial charge in [0.15, 0.2) is 0 Å². The smallest absolute Gasteiger partial charge is 0.0671 e. The fraction of sp³-hybridized carbons (Fsp3) is 0.409. The first-order chi connectivity index (χ1) is 11.3. The molecule has 2 aromatic carbocycles. The summed E-state index contributed by atoms with van der Waals surface area (Å²) in [6.07, 6.45) is 9.37. The lowest BCUT2D eigenvalue weighted by molar-refractivity contribution is 0.504. The van der Waals surface area contributed by atoms with Gasteiger partial charge in [-0.2, -0.15) is 0 Å². The molecule has 0 amide bonds. The van der Waals surface area contributed by atoms with Gasteiger partial charge in [-0.15, -0.1) is 0 Å². The maximum atomic E-state index is 4.84. The van der Waals surface area contributed by atoms with Crippen LogP contribution in [0.3, 0.4) is 0 Å². The van der Waals surface area contributed by atoms with E-state index in [1.807, 2.05) is 0 Å². The fourth-order valence-corrected chi connectivity index (χ4v) is 3.99. The lowest BCUT2D eigenvalue weighted by atomic mass is 9.96. The van der Waals surface area contributed by atoms with E-state index in [0.717, 1.165) is 18.0 Å². The third kappa shape index (κ3) is 3.24. The van der Waals surface area contributed by atoms with Crippen LogP contribution < -0.4 is 0 Å². The van der Waals surface area contributed by atoms with Crippen molar-refractivity contribution in [1.82, 2.24) is 0 Å². The molecular weight excluding hydrogens is 278 g/mol. The van der Waals surface area contributed by atoms with Gasteiger partial charge in [-0.3, -0.25) is 4.99 Å². The summed E-state index contributed by atoms with van der Waals surface area (Å²) in [4.78, 5) is 4.84. The number of hydrogen-bond donors (Lipinski definition) is 0. The van der Waals surface area contributed by atoms with Crippen LogP contribution in [0.15, 0.2) is 47.5 Å². The quantitative estimate of drug-likeness (QED) is 0.677. The molecule has 0 N–H and O–H groups in total. The van der Waals surface area contributed by atoms with Gasteiger partial charge in [0.05, 0.1) is 11.4 Å². The van der Waals surface area contributed by atoms with Gasteiger partial charge in [-0.05, 0) is 54.0 Å². The van der Waals surface area contributed by atoms with Gasteiger partial charge in [-0.25, -0.2) is 0 Å². The summed E-state index contributed by atoms with van der Waals surface area (Å²) in [7, 11) is 0. The van der Waals surface area contributed by atoms with Crippen molar-refractivity contribution >= 4 is 11.4 Å². The predicted molar refractivity (Wildman–Crippen MR) is 97.8 cm³/mol. The number of aryl methyl sites for hydroxylation is 2. The zero-order chi connectivity index (χ0) is 15.6. The summed E-state index contributed by atoms with van der Waals surface area (Å²) >= 11 is 0. The molecule has 0 unspecified atom stereocenters. The van der Waals surface area contributed by atoms with Crippen molar-refractivity contribution < 1.29 is 0 Å². The van der Waals surface area contributed by atoms with Crippen LogP contribution in [0.2, 0.25) is 0 Å². The van der Waals surface area contributed by atoms with Crippen LogP contribution in [-0.4, -0.2) is 5.71 Å². The van der Waals surface area contributed by atoms with E-state index in [1.54, 1.807) is 0 Å². The zero-order valence-corrected chi connectivity index (χ0v) is 14.0. The summed E-state index contributed by atoms with van der Waals surface area (Å²) in [5, 5.41) is 0. The Morgan fingerprint density at radius 3 is 2.57 bits per heavy atom. The lowest BCUT2D eigenvalue weighted by Gasteiger charge is -2.09. The van der Waals surface area contributed by atoms with Crippen LogP contribution in [0.5, 0.6) is 0 Å². The molecule has 1 nitrogen and oxygen atoms in total. The molecule has 2 aliphatic rings. The lowest BCUT2D eigenvalue weighted by Crippen LogP contribution is -2.01. The Morgan fingerprint density at radius 2 is 1.78 bits per heavy atom. The second-order valence-electron chi connectivity index (χ2n) is 7.25. The number of rotatable bonds is 4. The highest BCUT2D eigenvalue weighted by atomic mass is 14.8. The Kier molecular flexibility index (Phi) is 4.03. The molecule has 23 heavy (non-hydrogen) atoms. The van der Waals surface area contributed by atoms with Gasteiger partial charge < -0.3 is 0 Å². The Labute approximate surface area is 139 Å². The molecular formula is C22H25N. The molecule has 1 fully saturated rings. The molecule has 1 aliphatic heterocycles. The highest BCUT2D eigenvalue weighted by Gasteiger charge is 2.17. The third-order valence-corrected chi connectivity index (χ3v) is 5.46. The van der Waals surface area contributed by atoms with Crippen molar-refractivity contribution in [3.05, 3.63) is 64.7 Å². The molecule has 0 bridgehead atoms. The zero-order valence-electron chi connectivity index (χ0n) is 14.0. The minimum Gasteiger partial charge on any atom is -0.252 e. The number of benzene rings is 2. The maximum absolute atomic E-state index is 4.84. The summed E-state index contributed by atoms with van der Waals surface area (Å²) in [5.41, 5.74) is 7.78. The fourth-order valence-electron chi connectivity index (χ4n) is 3.99. The van der Waals surface area contributed by atoms with E-state index in [1.165, 1.54) is 66.5 Å². The highest BCUT2D eigenvalue weighted by molar-refractivity contribution is 6.06. The van der Waals surface area contributed by atoms with E-state index in [2.05, 4.69) is 49.4 Å². The maximum Gasteiger partial charge on any atom is 0.0671 e. The average molecular weight is 303 g/mol. The summed E-state index contributed by atoms with van der Waals surface area (Å²) < 4.78 is 0. The van der Waals surface area contributed by atoms with E-state index in [4.69, 9.17) is 4.99 Å². The SMILES string of the molecule is Cc1ccc2c(c1)N=C(c1ccc(CCC3CCCC3)cc1)C2. The van der Waals surface area contributed by atoms with E-state index in [9.17, 15) is 0 Å². The van der Waals surface area contributed by atoms with Gasteiger partial charge in [0, 0.05) is 6.42 Å². The Balaban J connectivity index is 1.43. The van der Waals surface area contributed by atoms with Crippen molar-refractivity contribution in [2.75, 3.05) is 0 Å². The minimum absolute atomic E-state index is 0.969. The average Bonchev–Trinajstić information content (AvgIpc) is 3.22. The molecule has 0 atom stereocenters. The Morgan fingerprint density at radius 1 is 1.00 bits per heavy atom. The highest BCUT2D eigenvalue weighted by Crippen LogP contribution is 2.31. The third-order valence-electron chi connectivity index (χ3n) is 5.46. The molecule has 0 aromatic heterocycles. The van der Waals surface area contributed by atoms with Crippen LogP contribution in [-0.2, 0) is 12.8 Å². The summed E-state index contributed by atoms with van der Waals surface area (Å²) in [6, 6.07) is 15.7. The molecule has 0 spiro atoms. The Bertz CT molecular complexity index is 718. The van der Waals surface area contributed by atoms with Crippen LogP contribution in [0.25, 0.3) is 0 Å². The van der Waals surface area contributed by atoms with E-state index in [-0.39, 0.29) is 0 Å². The molecule has 0 radical (unpaired) electrons. The second-order valence-corrected chi connectivity index (χ2v) is 7.25. The summed E-state index contributed by atoms with van der Waals surface area (Å²) in [6.45, 7) is 2.13. The molecule has 2 aromatic rings. The second kappa shape index (κ2) is 6.31. The van der Waals surface area contributed by atoms with Gasteiger partial charge in [0.1, 0.15) is 0 Å². The van der Waals surface area contributed by atoms with Crippen LogP contribution in [0.4, 0.5) is 5.69 Å². The van der Waals surface area contributed by atoms with Crippen molar-refractivity contribution in [2.24, 2.45) is 10.9 Å². The molecule has 118 valence electrons. The van der Waals surface area contributed by atoms with Crippen LogP contribution in [0.1, 0.15) is 54.4 Å². The van der Waals surface area contributed by atoms with Gasteiger partial charge in [0.2, 0.25) is 0 Å². The van der Waals surface area contributed by atoms with Crippen molar-refractivity contribution in [3.8, 4) is 0 Å². The molecule has 1 saturated carbocycles. The van der Waals surface area contributed by atoms with Crippen molar-refractivity contribution in [1.29, 1.82) is 0 Å². The van der Waals surface area contributed by atoms with Crippen molar-refractivity contribution in [3.63, 3.8) is 0 Å². The van der Waals surface area contributed by atoms with E-state index in [0.29, 0.717) is 0 Å². The first kappa shape index (κ1) is 14.7. The monoisotopic (exact) mass is 303 g/mol. The van der Waals surface area contributed by atoms with Crippen LogP contribution >= 0.6 is 0 Å². The minimum atomic E-state index is 0.969. The first-order valence-corrected chi connectivity index (χ1v) is 9.04. The van der Waals surface area contributed by atoms with E-state index >= 15 is 0 Å². The topological polar surface area (TPSA) is 12.4 Å². The number of nitrogens with zero attached hydrogens (tertiary/aromatic N) is 1. The molecule has 1 heteroatoms. The molecule has 1 heterocycles. The number of aliphatic imine (C=N–C) groups is 1.